The van der Waals surface area contributed by atoms with Crippen LogP contribution in [0.2, 0.25) is 0 Å². The fourth-order valence-electron chi connectivity index (χ4n) is 2.50. The van der Waals surface area contributed by atoms with E-state index in [-0.39, 0.29) is 5.92 Å². The number of hydrogen-bond acceptors (Lipinski definition) is 6. The van der Waals surface area contributed by atoms with Crippen LogP contribution in [0.25, 0.3) is 0 Å². The zero-order valence-corrected chi connectivity index (χ0v) is 12.8. The van der Waals surface area contributed by atoms with Gasteiger partial charge in [0.2, 0.25) is 0 Å². The normalized spacial score (nSPS) is 23.9. The lowest BCUT2D eigenvalue weighted by Crippen LogP contribution is -2.42. The molecule has 2 atom stereocenters. The molecule has 0 aromatic carbocycles. The van der Waals surface area contributed by atoms with Crippen molar-refractivity contribution in [3.63, 3.8) is 0 Å². The molecule has 0 aliphatic carbocycles. The van der Waals surface area contributed by atoms with Crippen molar-refractivity contribution in [1.82, 2.24) is 14.9 Å². The van der Waals surface area contributed by atoms with Crippen LogP contribution in [0.5, 0.6) is 0 Å². The maximum absolute atomic E-state index is 5.49. The molecule has 1 aromatic rings. The largest absolute Gasteiger partial charge is 0.367 e. The highest BCUT2D eigenvalue weighted by Crippen LogP contribution is 2.21. The lowest BCUT2D eigenvalue weighted by Gasteiger charge is -2.35. The minimum absolute atomic E-state index is 0.278. The van der Waals surface area contributed by atoms with Crippen molar-refractivity contribution in [2.45, 2.75) is 51.6 Å². The lowest BCUT2D eigenvalue weighted by atomic mass is 9.99. The molecule has 20 heavy (non-hydrogen) atoms. The molecule has 2 rings (SSSR count). The second kappa shape index (κ2) is 6.37. The molecule has 6 nitrogen and oxygen atoms in total. The van der Waals surface area contributed by atoms with Gasteiger partial charge in [-0.25, -0.2) is 15.8 Å². The van der Waals surface area contributed by atoms with Crippen LogP contribution in [-0.4, -0.2) is 40.5 Å². The van der Waals surface area contributed by atoms with Crippen LogP contribution in [0.1, 0.15) is 45.4 Å². The van der Waals surface area contributed by atoms with E-state index >= 15 is 0 Å². The van der Waals surface area contributed by atoms with Crippen molar-refractivity contribution in [1.29, 1.82) is 0 Å². The monoisotopic (exact) mass is 278 g/mol. The third kappa shape index (κ3) is 3.58. The molecule has 2 unspecified atom stereocenters. The van der Waals surface area contributed by atoms with E-state index in [2.05, 4.69) is 53.4 Å². The van der Waals surface area contributed by atoms with Crippen LogP contribution in [0.4, 0.5) is 11.6 Å². The molecular formula is C14H26N6. The van der Waals surface area contributed by atoms with E-state index in [0.717, 1.165) is 31.0 Å². The number of rotatable bonds is 4. The fourth-order valence-corrected chi connectivity index (χ4v) is 2.50. The van der Waals surface area contributed by atoms with E-state index in [1.807, 2.05) is 6.07 Å². The number of hydrogen-bond donors (Lipinski definition) is 3. The Morgan fingerprint density at radius 3 is 2.65 bits per heavy atom. The first kappa shape index (κ1) is 15.0. The van der Waals surface area contributed by atoms with Crippen LogP contribution >= 0.6 is 0 Å². The Morgan fingerprint density at radius 1 is 1.35 bits per heavy atom. The van der Waals surface area contributed by atoms with Gasteiger partial charge in [0.1, 0.15) is 17.5 Å². The molecule has 1 aliphatic rings. The minimum Gasteiger partial charge on any atom is -0.367 e. The van der Waals surface area contributed by atoms with E-state index in [0.29, 0.717) is 17.9 Å². The van der Waals surface area contributed by atoms with Gasteiger partial charge < -0.3 is 15.6 Å². The van der Waals surface area contributed by atoms with E-state index in [4.69, 9.17) is 5.84 Å². The number of nitrogens with zero attached hydrogens (tertiary/aromatic N) is 3. The number of anilines is 2. The summed E-state index contributed by atoms with van der Waals surface area (Å²) in [6.07, 6.45) is 2.26. The summed E-state index contributed by atoms with van der Waals surface area (Å²) in [5, 5.41) is 3.53. The number of nitrogen functional groups attached to an aromatic ring is 1. The number of nitrogens with two attached hydrogens (primary N) is 1. The summed E-state index contributed by atoms with van der Waals surface area (Å²) in [5.41, 5.74) is 2.62. The summed E-state index contributed by atoms with van der Waals surface area (Å²) in [5.74, 6) is 8.09. The third-order valence-corrected chi connectivity index (χ3v) is 3.97. The second-order valence-corrected chi connectivity index (χ2v) is 5.99. The quantitative estimate of drug-likeness (QED) is 0.575. The summed E-state index contributed by atoms with van der Waals surface area (Å²) in [6, 6.07) is 2.93. The molecule has 1 aliphatic heterocycles. The van der Waals surface area contributed by atoms with Crippen molar-refractivity contribution in [2.75, 3.05) is 24.3 Å². The van der Waals surface area contributed by atoms with Gasteiger partial charge in [0.25, 0.3) is 0 Å². The van der Waals surface area contributed by atoms with E-state index in [1.54, 1.807) is 0 Å². The van der Waals surface area contributed by atoms with Crippen molar-refractivity contribution < 1.29 is 0 Å². The first-order valence-corrected chi connectivity index (χ1v) is 7.32. The smallest absolute Gasteiger partial charge is 0.145 e. The molecule has 1 aromatic heterocycles. The van der Waals surface area contributed by atoms with Gasteiger partial charge in [-0.15, -0.1) is 0 Å². The highest BCUT2D eigenvalue weighted by atomic mass is 15.3. The summed E-state index contributed by atoms with van der Waals surface area (Å²) in [4.78, 5) is 11.4. The third-order valence-electron chi connectivity index (χ3n) is 3.97. The maximum Gasteiger partial charge on any atom is 0.145 e. The molecule has 0 spiro atoms. The Morgan fingerprint density at radius 2 is 2.05 bits per heavy atom. The van der Waals surface area contributed by atoms with Gasteiger partial charge in [-0.3, -0.25) is 0 Å². The van der Waals surface area contributed by atoms with Gasteiger partial charge in [0.15, 0.2) is 0 Å². The van der Waals surface area contributed by atoms with Gasteiger partial charge in [-0.1, -0.05) is 13.8 Å². The van der Waals surface area contributed by atoms with Gasteiger partial charge >= 0.3 is 0 Å². The summed E-state index contributed by atoms with van der Waals surface area (Å²) in [7, 11) is 2.18. The van der Waals surface area contributed by atoms with Gasteiger partial charge in [0, 0.05) is 30.6 Å². The Balaban J connectivity index is 2.10. The van der Waals surface area contributed by atoms with Crippen LogP contribution < -0.4 is 16.6 Å². The first-order chi connectivity index (χ1) is 9.49. The molecule has 4 N–H and O–H groups in total. The van der Waals surface area contributed by atoms with Crippen LogP contribution in [0.3, 0.4) is 0 Å². The van der Waals surface area contributed by atoms with E-state index < -0.39 is 0 Å². The Hall–Kier alpha value is -1.40. The molecule has 0 amide bonds. The van der Waals surface area contributed by atoms with Crippen LogP contribution in [-0.2, 0) is 0 Å². The molecule has 112 valence electrons. The number of piperidine rings is 1. The molecule has 6 heteroatoms. The number of hydrazine groups is 1. The van der Waals surface area contributed by atoms with Crippen molar-refractivity contribution in [3.8, 4) is 0 Å². The predicted molar refractivity (Wildman–Crippen MR) is 82.7 cm³/mol. The summed E-state index contributed by atoms with van der Waals surface area (Å²) >= 11 is 0. The van der Waals surface area contributed by atoms with E-state index in [1.165, 1.54) is 0 Å². The van der Waals surface area contributed by atoms with Gasteiger partial charge in [0.05, 0.1) is 0 Å². The maximum atomic E-state index is 5.49. The lowest BCUT2D eigenvalue weighted by molar-refractivity contribution is 0.190. The minimum atomic E-state index is 0.278. The van der Waals surface area contributed by atoms with Crippen molar-refractivity contribution >= 4 is 11.6 Å². The van der Waals surface area contributed by atoms with Gasteiger partial charge in [-0.05, 0) is 26.8 Å². The zero-order chi connectivity index (χ0) is 14.7. The van der Waals surface area contributed by atoms with E-state index in [9.17, 15) is 0 Å². The molecular weight excluding hydrogens is 252 g/mol. The Labute approximate surface area is 121 Å². The molecule has 0 radical (unpaired) electrons. The zero-order valence-electron chi connectivity index (χ0n) is 12.8. The molecule has 2 heterocycles. The highest BCUT2D eigenvalue weighted by molar-refractivity contribution is 5.47. The summed E-state index contributed by atoms with van der Waals surface area (Å²) in [6.45, 7) is 7.54. The average Bonchev–Trinajstić information content (AvgIpc) is 2.42. The van der Waals surface area contributed by atoms with Crippen LogP contribution in [0.15, 0.2) is 6.07 Å². The highest BCUT2D eigenvalue weighted by Gasteiger charge is 2.23. The second-order valence-electron chi connectivity index (χ2n) is 5.99. The Kier molecular flexibility index (Phi) is 4.77. The average molecular weight is 278 g/mol. The van der Waals surface area contributed by atoms with Crippen LogP contribution in [0, 0.1) is 0 Å². The van der Waals surface area contributed by atoms with Gasteiger partial charge in [-0.2, -0.15) is 0 Å². The number of likely N-dealkylation sites (tertiary alicyclic amines) is 1. The fraction of sp³-hybridized carbons (Fsp3) is 0.714. The SMILES string of the molecule is CC(C)c1nc(NN)cc(NC2CCN(C)C(C)C2)n1. The molecule has 0 bridgehead atoms. The van der Waals surface area contributed by atoms with Crippen molar-refractivity contribution in [3.05, 3.63) is 11.9 Å². The number of nitrogens with one attached hydrogen (secondary N) is 2. The van der Waals surface area contributed by atoms with Crippen molar-refractivity contribution in [2.24, 2.45) is 5.84 Å². The topological polar surface area (TPSA) is 79.1 Å². The predicted octanol–water partition coefficient (Wildman–Crippen LogP) is 1.78. The summed E-state index contributed by atoms with van der Waals surface area (Å²) < 4.78 is 0. The molecule has 0 saturated carbocycles. The molecule has 1 saturated heterocycles. The first-order valence-electron chi connectivity index (χ1n) is 7.32. The number of aromatic nitrogens is 2. The molecule has 1 fully saturated rings. The Bertz CT molecular complexity index is 447. The standard InChI is InChI=1S/C14H26N6/c1-9(2)14-17-12(8-13(18-14)19-15)16-11-5-6-20(4)10(3)7-11/h8-11H,5-7,15H2,1-4H3,(H2,16,17,18,19).